The molecule has 1 saturated heterocycles. The lowest BCUT2D eigenvalue weighted by Gasteiger charge is -2.42. The van der Waals surface area contributed by atoms with Crippen molar-refractivity contribution >= 4 is 42.1 Å². The number of methoxy groups -OCH3 is 1. The molecule has 0 unspecified atom stereocenters. The SMILES string of the molecule is CO[C@@H]1[C@H](OC(C)(C)C)[C@@H](CO)O[C@]1(n1cnc2c(NC(=O)c3ccccc3)ncnc21)[SiH](c1ccccc1)c1ccccc1. The quantitative estimate of drug-likeness (QED) is 0.241. The van der Waals surface area contributed by atoms with Gasteiger partial charge in [0.05, 0.1) is 18.5 Å². The highest BCUT2D eigenvalue weighted by atomic mass is 28.3. The van der Waals surface area contributed by atoms with E-state index in [1.165, 1.54) is 6.33 Å². The smallest absolute Gasteiger partial charge is 0.256 e. The summed E-state index contributed by atoms with van der Waals surface area (Å²) >= 11 is 0. The van der Waals surface area contributed by atoms with E-state index >= 15 is 0 Å². The summed E-state index contributed by atoms with van der Waals surface area (Å²) in [6.07, 6.45) is 1.05. The lowest BCUT2D eigenvalue weighted by molar-refractivity contribution is -0.126. The van der Waals surface area contributed by atoms with Crippen LogP contribution < -0.4 is 15.7 Å². The number of aliphatic hydroxyl groups excluding tert-OH is 1. The van der Waals surface area contributed by atoms with Crippen LogP contribution in [0.4, 0.5) is 5.82 Å². The largest absolute Gasteiger partial charge is 0.394 e. The lowest BCUT2D eigenvalue weighted by Crippen LogP contribution is -2.67. The third kappa shape index (κ3) is 5.80. The first-order valence-corrected chi connectivity index (χ1v) is 16.6. The Morgan fingerprint density at radius 1 is 0.956 bits per heavy atom. The summed E-state index contributed by atoms with van der Waals surface area (Å²) in [5, 5.41) is 14.6. The number of fused-ring (bicyclic) bond motifs is 1. The number of carbonyl (C=O) groups is 1. The van der Waals surface area contributed by atoms with Gasteiger partial charge in [-0.05, 0) is 32.9 Å². The Kier molecular flexibility index (Phi) is 8.62. The molecule has 5 aromatic rings. The fourth-order valence-electron chi connectivity index (χ4n) is 6.27. The molecule has 0 spiro atoms. The fraction of sp³-hybridized carbons (Fsp3) is 0.294. The van der Waals surface area contributed by atoms with Gasteiger partial charge in [0.2, 0.25) is 0 Å². The molecule has 2 N–H and O–H groups in total. The second-order valence-electron chi connectivity index (χ2n) is 12.0. The van der Waals surface area contributed by atoms with Gasteiger partial charge >= 0.3 is 0 Å². The number of nitrogens with one attached hydrogen (secondary N) is 1. The van der Waals surface area contributed by atoms with Gasteiger partial charge in [0.25, 0.3) is 5.91 Å². The Bertz CT molecular complexity index is 1710. The molecule has 0 radical (unpaired) electrons. The van der Waals surface area contributed by atoms with E-state index in [0.29, 0.717) is 16.7 Å². The van der Waals surface area contributed by atoms with Crippen LogP contribution in [-0.2, 0) is 19.6 Å². The van der Waals surface area contributed by atoms with E-state index in [2.05, 4.69) is 39.6 Å². The van der Waals surface area contributed by atoms with E-state index in [0.717, 1.165) is 10.4 Å². The van der Waals surface area contributed by atoms with Crippen LogP contribution >= 0.6 is 0 Å². The maximum atomic E-state index is 13.1. The molecule has 0 aliphatic carbocycles. The molecule has 6 rings (SSSR count). The van der Waals surface area contributed by atoms with Crippen molar-refractivity contribution < 1.29 is 24.1 Å². The highest BCUT2D eigenvalue weighted by Gasteiger charge is 2.63. The normalized spacial score (nSPS) is 21.8. The minimum atomic E-state index is -2.53. The second-order valence-corrected chi connectivity index (χ2v) is 15.1. The van der Waals surface area contributed by atoms with Crippen molar-refractivity contribution in [2.24, 2.45) is 0 Å². The Balaban J connectivity index is 1.59. The van der Waals surface area contributed by atoms with Gasteiger partial charge in [0.1, 0.15) is 24.6 Å². The molecule has 10 nitrogen and oxygen atoms in total. The Labute approximate surface area is 263 Å². The summed E-state index contributed by atoms with van der Waals surface area (Å²) in [7, 11) is -0.888. The Morgan fingerprint density at radius 2 is 1.56 bits per heavy atom. The average molecular weight is 624 g/mol. The van der Waals surface area contributed by atoms with Crippen LogP contribution in [0, 0.1) is 0 Å². The first-order valence-electron chi connectivity index (χ1n) is 14.9. The van der Waals surface area contributed by atoms with E-state index in [-0.39, 0.29) is 18.3 Å². The molecule has 1 aliphatic heterocycles. The van der Waals surface area contributed by atoms with Gasteiger partial charge in [-0.1, -0.05) is 89.2 Å². The number of carbonyl (C=O) groups excluding carboxylic acids is 1. The van der Waals surface area contributed by atoms with Crippen molar-refractivity contribution in [1.82, 2.24) is 19.5 Å². The van der Waals surface area contributed by atoms with Crippen molar-refractivity contribution in [2.45, 2.75) is 50.0 Å². The van der Waals surface area contributed by atoms with Gasteiger partial charge in [-0.2, -0.15) is 0 Å². The van der Waals surface area contributed by atoms with Crippen LogP contribution in [-0.4, -0.2) is 77.0 Å². The fourth-order valence-corrected chi connectivity index (χ4v) is 10.3. The number of nitrogens with zero attached hydrogens (tertiary/aromatic N) is 4. The van der Waals surface area contributed by atoms with E-state index in [1.807, 2.05) is 67.8 Å². The topological polar surface area (TPSA) is 121 Å². The van der Waals surface area contributed by atoms with E-state index < -0.39 is 38.1 Å². The van der Waals surface area contributed by atoms with Crippen molar-refractivity contribution in [1.29, 1.82) is 0 Å². The van der Waals surface area contributed by atoms with Crippen LogP contribution in [0.3, 0.4) is 0 Å². The number of hydrogen-bond donors (Lipinski definition) is 2. The van der Waals surface area contributed by atoms with Gasteiger partial charge in [0, 0.05) is 12.7 Å². The van der Waals surface area contributed by atoms with Crippen molar-refractivity contribution in [2.75, 3.05) is 19.0 Å². The maximum absolute atomic E-state index is 13.1. The third-order valence-electron chi connectivity index (χ3n) is 7.99. The molecule has 232 valence electrons. The van der Waals surface area contributed by atoms with Crippen LogP contribution in [0.15, 0.2) is 104 Å². The van der Waals surface area contributed by atoms with E-state index in [4.69, 9.17) is 19.2 Å². The zero-order valence-electron chi connectivity index (χ0n) is 25.7. The molecule has 3 heterocycles. The van der Waals surface area contributed by atoms with E-state index in [1.54, 1.807) is 37.7 Å². The standard InChI is InChI=1S/C34H37N5O5Si/c1-33(2,3)44-28-26(20-40)43-34(29(28)42-4,45(24-16-10-6-11-17-24)25-18-12-7-13-19-25)39-22-37-27-30(35-21-36-31(27)39)38-32(41)23-14-8-5-9-15-23/h5-19,21-22,26,28-29,40,45H,20H2,1-4H3,(H,35,36,38,41)/t26-,28-,29-,34+/m1/s1. The molecule has 2 aromatic heterocycles. The van der Waals surface area contributed by atoms with Gasteiger partial charge < -0.3 is 24.6 Å². The Morgan fingerprint density at radius 3 is 2.11 bits per heavy atom. The summed E-state index contributed by atoms with van der Waals surface area (Å²) < 4.78 is 22.0. The third-order valence-corrected chi connectivity index (χ3v) is 11.7. The number of ether oxygens (including phenoxy) is 3. The minimum absolute atomic E-state index is 0.272. The van der Waals surface area contributed by atoms with Gasteiger partial charge in [-0.3, -0.25) is 9.36 Å². The monoisotopic (exact) mass is 623 g/mol. The number of anilines is 1. The molecule has 4 atom stereocenters. The molecule has 45 heavy (non-hydrogen) atoms. The van der Waals surface area contributed by atoms with Crippen LogP contribution in [0.2, 0.25) is 0 Å². The van der Waals surface area contributed by atoms with Crippen molar-refractivity contribution in [3.8, 4) is 0 Å². The minimum Gasteiger partial charge on any atom is -0.394 e. The van der Waals surface area contributed by atoms with Crippen molar-refractivity contribution in [3.63, 3.8) is 0 Å². The highest BCUT2D eigenvalue weighted by molar-refractivity contribution is 6.86. The second kappa shape index (κ2) is 12.6. The summed E-state index contributed by atoms with van der Waals surface area (Å²) in [5.74, 6) is -0.0416. The highest BCUT2D eigenvalue weighted by Crippen LogP contribution is 2.43. The van der Waals surface area contributed by atoms with Crippen LogP contribution in [0.25, 0.3) is 11.2 Å². The van der Waals surface area contributed by atoms with Gasteiger partial charge in [-0.15, -0.1) is 0 Å². The molecule has 1 fully saturated rings. The van der Waals surface area contributed by atoms with Gasteiger partial charge in [-0.25, -0.2) is 15.0 Å². The first kappa shape index (κ1) is 30.7. The number of rotatable bonds is 9. The molecule has 3 aromatic carbocycles. The molecular formula is C34H37N5O5Si. The number of hydrogen-bond acceptors (Lipinski definition) is 8. The number of aliphatic hydroxyl groups is 1. The first-order chi connectivity index (χ1) is 21.8. The predicted molar refractivity (Wildman–Crippen MR) is 174 cm³/mol. The lowest BCUT2D eigenvalue weighted by atomic mass is 10.1. The molecule has 1 amide bonds. The average Bonchev–Trinajstić information content (AvgIpc) is 3.62. The summed E-state index contributed by atoms with van der Waals surface area (Å²) in [5.41, 5.74) is 0.785. The zero-order valence-corrected chi connectivity index (χ0v) is 26.9. The molecule has 0 bridgehead atoms. The molecule has 0 saturated carbocycles. The molecule has 1 aliphatic rings. The molecule has 11 heteroatoms. The number of benzene rings is 3. The number of aromatic nitrogens is 4. The van der Waals surface area contributed by atoms with Crippen LogP contribution in [0.1, 0.15) is 31.1 Å². The molecular weight excluding hydrogens is 586 g/mol. The summed E-state index contributed by atoms with van der Waals surface area (Å²) in [6, 6.07) is 29.4. The van der Waals surface area contributed by atoms with Crippen molar-refractivity contribution in [3.05, 3.63) is 109 Å². The van der Waals surface area contributed by atoms with Gasteiger partial charge in [0.15, 0.2) is 31.1 Å². The van der Waals surface area contributed by atoms with E-state index in [9.17, 15) is 9.90 Å². The predicted octanol–water partition coefficient (Wildman–Crippen LogP) is 2.90. The number of imidazole rings is 1. The number of amides is 1. The Hall–Kier alpha value is -4.26. The maximum Gasteiger partial charge on any atom is 0.256 e. The summed E-state index contributed by atoms with van der Waals surface area (Å²) in [4.78, 5) is 26.9. The van der Waals surface area contributed by atoms with Crippen LogP contribution in [0.5, 0.6) is 0 Å². The zero-order chi connectivity index (χ0) is 31.6. The summed E-state index contributed by atoms with van der Waals surface area (Å²) in [6.45, 7) is 5.63.